The van der Waals surface area contributed by atoms with Gasteiger partial charge in [-0.25, -0.2) is 0 Å². The molecule has 0 fully saturated rings. The predicted octanol–water partition coefficient (Wildman–Crippen LogP) is 2.89. The lowest BCUT2D eigenvalue weighted by atomic mass is 10.1. The molecule has 0 spiro atoms. The van der Waals surface area contributed by atoms with E-state index in [0.29, 0.717) is 0 Å². The van der Waals surface area contributed by atoms with Crippen molar-refractivity contribution in [3.63, 3.8) is 0 Å². The Bertz CT molecular complexity index is 533. The zero-order valence-corrected chi connectivity index (χ0v) is 12.8. The highest BCUT2D eigenvalue weighted by molar-refractivity contribution is 7.10. The quantitative estimate of drug-likeness (QED) is 0.883. The molecule has 2 aromatic heterocycles. The van der Waals surface area contributed by atoms with E-state index in [4.69, 9.17) is 4.74 Å². The van der Waals surface area contributed by atoms with Crippen LogP contribution in [0.15, 0.2) is 17.6 Å². The summed E-state index contributed by atoms with van der Waals surface area (Å²) in [5, 5.41) is 10.0. The van der Waals surface area contributed by atoms with E-state index in [-0.39, 0.29) is 6.04 Å². The Kier molecular flexibility index (Phi) is 4.61. The average molecular weight is 279 g/mol. The third-order valence-electron chi connectivity index (χ3n) is 3.20. The summed E-state index contributed by atoms with van der Waals surface area (Å²) in [6, 6.07) is 2.30. The van der Waals surface area contributed by atoms with Crippen molar-refractivity contribution in [1.82, 2.24) is 15.1 Å². The molecule has 0 aliphatic rings. The van der Waals surface area contributed by atoms with Crippen LogP contribution in [0.3, 0.4) is 0 Å². The van der Waals surface area contributed by atoms with E-state index >= 15 is 0 Å². The van der Waals surface area contributed by atoms with Gasteiger partial charge in [-0.05, 0) is 36.9 Å². The van der Waals surface area contributed by atoms with E-state index in [1.165, 1.54) is 10.4 Å². The highest BCUT2D eigenvalue weighted by atomic mass is 32.1. The molecule has 0 aliphatic carbocycles. The molecule has 2 aromatic rings. The van der Waals surface area contributed by atoms with Crippen LogP contribution >= 0.6 is 11.3 Å². The van der Waals surface area contributed by atoms with Crippen LogP contribution < -0.4 is 10.1 Å². The lowest BCUT2D eigenvalue weighted by Gasteiger charge is -2.20. The number of hydrogen-bond acceptors (Lipinski definition) is 4. The molecule has 0 aliphatic heterocycles. The number of hydrogen-bond donors (Lipinski definition) is 1. The van der Waals surface area contributed by atoms with Crippen molar-refractivity contribution >= 4 is 11.3 Å². The Balaban J connectivity index is 2.42. The molecule has 0 radical (unpaired) electrons. The number of aryl methyl sites for hydroxylation is 2. The van der Waals surface area contributed by atoms with E-state index in [2.05, 4.69) is 35.7 Å². The van der Waals surface area contributed by atoms with Crippen LogP contribution in [0.4, 0.5) is 0 Å². The second-order valence-electron chi connectivity index (χ2n) is 4.58. The van der Waals surface area contributed by atoms with Crippen molar-refractivity contribution in [2.45, 2.75) is 26.3 Å². The van der Waals surface area contributed by atoms with Crippen LogP contribution in [0.1, 0.15) is 35.5 Å². The van der Waals surface area contributed by atoms with E-state index in [0.717, 1.165) is 24.4 Å². The molecular weight excluding hydrogens is 258 g/mol. The highest BCUT2D eigenvalue weighted by Crippen LogP contribution is 2.34. The molecule has 0 bridgehead atoms. The van der Waals surface area contributed by atoms with E-state index in [9.17, 15) is 0 Å². The van der Waals surface area contributed by atoms with Crippen LogP contribution in [0.2, 0.25) is 0 Å². The van der Waals surface area contributed by atoms with Gasteiger partial charge in [0.1, 0.15) is 5.69 Å². The SMILES string of the molecule is CCCNC(c1sccc1C)c1c(OC)cnn1C. The lowest BCUT2D eigenvalue weighted by Crippen LogP contribution is -2.25. The molecule has 0 saturated heterocycles. The van der Waals surface area contributed by atoms with Gasteiger partial charge in [0.15, 0.2) is 5.75 Å². The Morgan fingerprint density at radius 1 is 1.53 bits per heavy atom. The number of thiophene rings is 1. The van der Waals surface area contributed by atoms with Gasteiger partial charge in [0.05, 0.1) is 19.3 Å². The molecule has 2 heterocycles. The second-order valence-corrected chi connectivity index (χ2v) is 5.52. The zero-order valence-electron chi connectivity index (χ0n) is 11.9. The molecule has 19 heavy (non-hydrogen) atoms. The summed E-state index contributed by atoms with van der Waals surface area (Å²) in [6.07, 6.45) is 2.87. The molecular formula is C14H21N3OS. The molecule has 4 nitrogen and oxygen atoms in total. The third-order valence-corrected chi connectivity index (χ3v) is 4.29. The smallest absolute Gasteiger partial charge is 0.161 e. The molecule has 1 unspecified atom stereocenters. The second kappa shape index (κ2) is 6.21. The van der Waals surface area contributed by atoms with Gasteiger partial charge in [-0.15, -0.1) is 11.3 Å². The van der Waals surface area contributed by atoms with Crippen LogP contribution in [0.25, 0.3) is 0 Å². The Labute approximate surface area is 118 Å². The first kappa shape index (κ1) is 14.1. The molecule has 5 heteroatoms. The van der Waals surface area contributed by atoms with Crippen LogP contribution in [-0.4, -0.2) is 23.4 Å². The number of ether oxygens (including phenoxy) is 1. The standard InChI is InChI=1S/C14H21N3OS/c1-5-7-15-12(14-10(2)6-8-19-14)13-11(18-4)9-16-17(13)3/h6,8-9,12,15H,5,7H2,1-4H3. The van der Waals surface area contributed by atoms with E-state index in [1.54, 1.807) is 24.6 Å². The fourth-order valence-electron chi connectivity index (χ4n) is 2.20. The fourth-order valence-corrected chi connectivity index (χ4v) is 3.20. The van der Waals surface area contributed by atoms with Crippen molar-refractivity contribution < 1.29 is 4.74 Å². The predicted molar refractivity (Wildman–Crippen MR) is 79.0 cm³/mol. The van der Waals surface area contributed by atoms with Gasteiger partial charge in [0, 0.05) is 11.9 Å². The van der Waals surface area contributed by atoms with Crippen molar-refractivity contribution in [3.05, 3.63) is 33.8 Å². The van der Waals surface area contributed by atoms with Crippen molar-refractivity contribution in [2.75, 3.05) is 13.7 Å². The number of aromatic nitrogens is 2. The normalized spacial score (nSPS) is 12.6. The summed E-state index contributed by atoms with van der Waals surface area (Å²) in [7, 11) is 3.65. The maximum Gasteiger partial charge on any atom is 0.161 e. The summed E-state index contributed by atoms with van der Waals surface area (Å²) >= 11 is 1.78. The lowest BCUT2D eigenvalue weighted by molar-refractivity contribution is 0.401. The molecule has 104 valence electrons. The fraction of sp³-hybridized carbons (Fsp3) is 0.500. The van der Waals surface area contributed by atoms with E-state index < -0.39 is 0 Å². The van der Waals surface area contributed by atoms with Gasteiger partial charge < -0.3 is 10.1 Å². The first-order valence-electron chi connectivity index (χ1n) is 6.52. The van der Waals surface area contributed by atoms with Gasteiger partial charge >= 0.3 is 0 Å². The Morgan fingerprint density at radius 2 is 2.32 bits per heavy atom. The van der Waals surface area contributed by atoms with Gasteiger partial charge in [0.25, 0.3) is 0 Å². The number of rotatable bonds is 6. The maximum atomic E-state index is 5.45. The first-order valence-corrected chi connectivity index (χ1v) is 7.40. The molecule has 0 amide bonds. The summed E-state index contributed by atoms with van der Waals surface area (Å²) in [5.41, 5.74) is 2.39. The van der Waals surface area contributed by atoms with Crippen LogP contribution in [0.5, 0.6) is 5.75 Å². The maximum absolute atomic E-state index is 5.45. The highest BCUT2D eigenvalue weighted by Gasteiger charge is 2.24. The number of nitrogens with zero attached hydrogens (tertiary/aromatic N) is 2. The van der Waals surface area contributed by atoms with Gasteiger partial charge in [-0.3, -0.25) is 4.68 Å². The first-order chi connectivity index (χ1) is 9.19. The molecule has 0 saturated carbocycles. The van der Waals surface area contributed by atoms with Crippen LogP contribution in [-0.2, 0) is 7.05 Å². The summed E-state index contributed by atoms with van der Waals surface area (Å²) in [4.78, 5) is 1.33. The Hall–Kier alpha value is -1.33. The number of methoxy groups -OCH3 is 1. The molecule has 1 atom stereocenters. The Morgan fingerprint density at radius 3 is 2.89 bits per heavy atom. The zero-order chi connectivity index (χ0) is 13.8. The number of nitrogens with one attached hydrogen (secondary N) is 1. The average Bonchev–Trinajstić information content (AvgIpc) is 2.98. The van der Waals surface area contributed by atoms with Crippen LogP contribution in [0, 0.1) is 6.92 Å². The minimum atomic E-state index is 0.141. The van der Waals surface area contributed by atoms with Crippen molar-refractivity contribution in [2.24, 2.45) is 7.05 Å². The third kappa shape index (κ3) is 2.82. The topological polar surface area (TPSA) is 39.1 Å². The van der Waals surface area contributed by atoms with Crippen molar-refractivity contribution in [1.29, 1.82) is 0 Å². The summed E-state index contributed by atoms with van der Waals surface area (Å²) in [6.45, 7) is 5.29. The minimum absolute atomic E-state index is 0.141. The summed E-state index contributed by atoms with van der Waals surface area (Å²) < 4.78 is 7.34. The van der Waals surface area contributed by atoms with Crippen molar-refractivity contribution in [3.8, 4) is 5.75 Å². The largest absolute Gasteiger partial charge is 0.493 e. The van der Waals surface area contributed by atoms with Gasteiger partial charge in [-0.1, -0.05) is 6.92 Å². The molecule has 1 N–H and O–H groups in total. The van der Waals surface area contributed by atoms with E-state index in [1.807, 2.05) is 11.7 Å². The monoisotopic (exact) mass is 279 g/mol. The molecule has 2 rings (SSSR count). The summed E-state index contributed by atoms with van der Waals surface area (Å²) in [5.74, 6) is 0.837. The van der Waals surface area contributed by atoms with Gasteiger partial charge in [0.2, 0.25) is 0 Å². The molecule has 0 aromatic carbocycles. The van der Waals surface area contributed by atoms with Gasteiger partial charge in [-0.2, -0.15) is 5.10 Å². The minimum Gasteiger partial charge on any atom is -0.493 e.